The van der Waals surface area contributed by atoms with Crippen molar-refractivity contribution in [1.29, 1.82) is 0 Å². The van der Waals surface area contributed by atoms with Gasteiger partial charge in [-0.1, -0.05) is 12.1 Å². The van der Waals surface area contributed by atoms with E-state index in [1.807, 2.05) is 30.3 Å². The van der Waals surface area contributed by atoms with Crippen LogP contribution < -0.4 is 24.4 Å². The van der Waals surface area contributed by atoms with E-state index >= 15 is 0 Å². The van der Waals surface area contributed by atoms with Crippen molar-refractivity contribution in [3.63, 3.8) is 0 Å². The van der Waals surface area contributed by atoms with E-state index in [9.17, 15) is 4.79 Å². The average molecular weight is 450 g/mol. The summed E-state index contributed by atoms with van der Waals surface area (Å²) in [4.78, 5) is 25.6. The highest BCUT2D eigenvalue weighted by molar-refractivity contribution is 5.90. The number of hydrogen-bond donors (Lipinski definition) is 1. The molecule has 1 aliphatic rings. The number of rotatable bonds is 6. The van der Waals surface area contributed by atoms with Crippen LogP contribution >= 0.6 is 0 Å². The van der Waals surface area contributed by atoms with Gasteiger partial charge in [0.15, 0.2) is 11.5 Å². The maximum atomic E-state index is 12.8. The van der Waals surface area contributed by atoms with E-state index < -0.39 is 0 Å². The van der Waals surface area contributed by atoms with Crippen LogP contribution in [0.2, 0.25) is 0 Å². The van der Waals surface area contributed by atoms with E-state index in [0.29, 0.717) is 43.4 Å². The Morgan fingerprint density at radius 3 is 2.39 bits per heavy atom. The molecule has 9 heteroatoms. The lowest BCUT2D eigenvalue weighted by Crippen LogP contribution is -2.50. The largest absolute Gasteiger partial charge is 0.497 e. The molecule has 33 heavy (non-hydrogen) atoms. The molecule has 0 spiro atoms. The fourth-order valence-electron chi connectivity index (χ4n) is 3.72. The monoisotopic (exact) mass is 449 g/mol. The third-order valence-electron chi connectivity index (χ3n) is 5.54. The van der Waals surface area contributed by atoms with Gasteiger partial charge in [-0.05, 0) is 24.3 Å². The second kappa shape index (κ2) is 10.1. The Labute approximate surface area is 192 Å². The van der Waals surface area contributed by atoms with Crippen molar-refractivity contribution in [3.05, 3.63) is 54.9 Å². The second-order valence-corrected chi connectivity index (χ2v) is 7.47. The molecule has 0 aliphatic carbocycles. The number of carbonyl (C=O) groups is 1. The zero-order valence-electron chi connectivity index (χ0n) is 18.9. The van der Waals surface area contributed by atoms with E-state index in [1.165, 1.54) is 0 Å². The Morgan fingerprint density at radius 2 is 1.67 bits per heavy atom. The zero-order chi connectivity index (χ0) is 23.2. The zero-order valence-corrected chi connectivity index (χ0v) is 18.9. The second-order valence-electron chi connectivity index (χ2n) is 7.47. The number of benzene rings is 2. The van der Waals surface area contributed by atoms with Crippen molar-refractivity contribution < 1.29 is 19.0 Å². The van der Waals surface area contributed by atoms with Gasteiger partial charge in [-0.25, -0.2) is 14.8 Å². The van der Waals surface area contributed by atoms with Gasteiger partial charge in [-0.15, -0.1) is 0 Å². The smallest absolute Gasteiger partial charge is 0.321 e. The molecule has 2 heterocycles. The number of amides is 2. The Kier molecular flexibility index (Phi) is 6.77. The van der Waals surface area contributed by atoms with Gasteiger partial charge in [-0.2, -0.15) is 0 Å². The SMILES string of the molecule is COc1cccc(-c2cc(N3CCN(C(=O)Nc4ccc(OC)c(OC)c4)CC3)ncn2)c1. The summed E-state index contributed by atoms with van der Waals surface area (Å²) in [6.45, 7) is 2.51. The van der Waals surface area contributed by atoms with Gasteiger partial charge in [0, 0.05) is 49.6 Å². The number of hydrogen-bond acceptors (Lipinski definition) is 7. The first-order valence-corrected chi connectivity index (χ1v) is 10.6. The third kappa shape index (κ3) is 5.08. The summed E-state index contributed by atoms with van der Waals surface area (Å²) >= 11 is 0. The Bertz CT molecular complexity index is 1120. The number of piperazine rings is 1. The van der Waals surface area contributed by atoms with E-state index in [-0.39, 0.29) is 6.03 Å². The molecule has 1 N–H and O–H groups in total. The molecular formula is C24H27N5O4. The number of urea groups is 1. The van der Waals surface area contributed by atoms with E-state index in [4.69, 9.17) is 14.2 Å². The molecule has 3 aromatic rings. The van der Waals surface area contributed by atoms with Crippen LogP contribution in [0, 0.1) is 0 Å². The quantitative estimate of drug-likeness (QED) is 0.616. The van der Waals surface area contributed by atoms with Crippen LogP contribution in [-0.4, -0.2) is 68.4 Å². The number of anilines is 2. The van der Waals surface area contributed by atoms with Gasteiger partial charge < -0.3 is 29.3 Å². The fourth-order valence-corrected chi connectivity index (χ4v) is 3.72. The first-order valence-electron chi connectivity index (χ1n) is 10.6. The summed E-state index contributed by atoms with van der Waals surface area (Å²) in [6, 6.07) is 14.9. The molecule has 1 aromatic heterocycles. The Morgan fingerprint density at radius 1 is 0.879 bits per heavy atom. The molecule has 0 atom stereocenters. The number of ether oxygens (including phenoxy) is 3. The van der Waals surface area contributed by atoms with Crippen molar-refractivity contribution in [1.82, 2.24) is 14.9 Å². The summed E-state index contributed by atoms with van der Waals surface area (Å²) in [5.41, 5.74) is 2.44. The van der Waals surface area contributed by atoms with Crippen molar-refractivity contribution in [2.75, 3.05) is 57.7 Å². The number of nitrogens with zero attached hydrogens (tertiary/aromatic N) is 4. The normalized spacial score (nSPS) is 13.4. The van der Waals surface area contributed by atoms with Crippen LogP contribution in [0.3, 0.4) is 0 Å². The maximum absolute atomic E-state index is 12.8. The van der Waals surface area contributed by atoms with Crippen molar-refractivity contribution in [2.45, 2.75) is 0 Å². The summed E-state index contributed by atoms with van der Waals surface area (Å²) in [5, 5.41) is 2.93. The van der Waals surface area contributed by atoms with Crippen LogP contribution in [0.5, 0.6) is 17.2 Å². The molecule has 0 bridgehead atoms. The molecule has 2 amide bonds. The summed E-state index contributed by atoms with van der Waals surface area (Å²) in [6.07, 6.45) is 1.57. The summed E-state index contributed by atoms with van der Waals surface area (Å²) < 4.78 is 15.9. The lowest BCUT2D eigenvalue weighted by Gasteiger charge is -2.35. The van der Waals surface area contributed by atoms with Crippen molar-refractivity contribution in [3.8, 4) is 28.5 Å². The Balaban J connectivity index is 1.38. The molecule has 9 nitrogen and oxygen atoms in total. The molecular weight excluding hydrogens is 422 g/mol. The van der Waals surface area contributed by atoms with Gasteiger partial charge in [0.25, 0.3) is 0 Å². The molecule has 1 aliphatic heterocycles. The lowest BCUT2D eigenvalue weighted by molar-refractivity contribution is 0.208. The third-order valence-corrected chi connectivity index (χ3v) is 5.54. The van der Waals surface area contributed by atoms with E-state index in [2.05, 4.69) is 20.2 Å². The lowest BCUT2D eigenvalue weighted by atomic mass is 10.1. The average Bonchev–Trinajstić information content (AvgIpc) is 2.88. The van der Waals surface area contributed by atoms with Crippen LogP contribution in [0.25, 0.3) is 11.3 Å². The maximum Gasteiger partial charge on any atom is 0.321 e. The topological polar surface area (TPSA) is 89.1 Å². The van der Waals surface area contributed by atoms with Crippen LogP contribution in [0.4, 0.5) is 16.3 Å². The predicted octanol–water partition coefficient (Wildman–Crippen LogP) is 3.52. The summed E-state index contributed by atoms with van der Waals surface area (Å²) in [5.74, 6) is 2.79. The van der Waals surface area contributed by atoms with Crippen LogP contribution in [0.1, 0.15) is 0 Å². The van der Waals surface area contributed by atoms with Gasteiger partial charge >= 0.3 is 6.03 Å². The highest BCUT2D eigenvalue weighted by Crippen LogP contribution is 2.30. The molecule has 1 saturated heterocycles. The van der Waals surface area contributed by atoms with Crippen LogP contribution in [0.15, 0.2) is 54.9 Å². The van der Waals surface area contributed by atoms with Gasteiger partial charge in [-0.3, -0.25) is 0 Å². The predicted molar refractivity (Wildman–Crippen MR) is 126 cm³/mol. The van der Waals surface area contributed by atoms with Crippen molar-refractivity contribution in [2.24, 2.45) is 0 Å². The van der Waals surface area contributed by atoms with E-state index in [1.54, 1.807) is 50.8 Å². The minimum Gasteiger partial charge on any atom is -0.497 e. The molecule has 4 rings (SSSR count). The Hall–Kier alpha value is -4.01. The highest BCUT2D eigenvalue weighted by atomic mass is 16.5. The molecule has 0 unspecified atom stereocenters. The number of nitrogens with one attached hydrogen (secondary N) is 1. The highest BCUT2D eigenvalue weighted by Gasteiger charge is 2.22. The first kappa shape index (κ1) is 22.2. The van der Waals surface area contributed by atoms with Gasteiger partial charge in [0.2, 0.25) is 0 Å². The van der Waals surface area contributed by atoms with Gasteiger partial charge in [0.1, 0.15) is 17.9 Å². The summed E-state index contributed by atoms with van der Waals surface area (Å²) in [7, 11) is 4.79. The molecule has 0 saturated carbocycles. The minimum atomic E-state index is -0.151. The van der Waals surface area contributed by atoms with Crippen molar-refractivity contribution >= 4 is 17.5 Å². The number of aromatic nitrogens is 2. The van der Waals surface area contributed by atoms with E-state index in [0.717, 1.165) is 22.8 Å². The number of methoxy groups -OCH3 is 3. The standard InChI is InChI=1S/C24H27N5O4/c1-31-19-6-4-5-17(13-19)20-15-23(26-16-25-20)28-9-11-29(12-10-28)24(30)27-18-7-8-21(32-2)22(14-18)33-3/h4-8,13-16H,9-12H2,1-3H3,(H,27,30). The first-order chi connectivity index (χ1) is 16.1. The fraction of sp³-hybridized carbons (Fsp3) is 0.292. The van der Waals surface area contributed by atoms with Crippen LogP contribution in [-0.2, 0) is 0 Å². The number of carbonyl (C=O) groups excluding carboxylic acids is 1. The molecule has 1 fully saturated rings. The minimum absolute atomic E-state index is 0.151. The molecule has 172 valence electrons. The molecule has 2 aromatic carbocycles. The van der Waals surface area contributed by atoms with Gasteiger partial charge in [0.05, 0.1) is 27.0 Å². The molecule has 0 radical (unpaired) electrons.